The van der Waals surface area contributed by atoms with Crippen LogP contribution in [0.15, 0.2) is 0 Å². The predicted octanol–water partition coefficient (Wildman–Crippen LogP) is 4.29. The van der Waals surface area contributed by atoms with Crippen molar-refractivity contribution in [1.29, 1.82) is 0 Å². The van der Waals surface area contributed by atoms with Crippen LogP contribution in [0.2, 0.25) is 0 Å². The summed E-state index contributed by atoms with van der Waals surface area (Å²) in [5.74, 6) is 0. The van der Waals surface area contributed by atoms with Gasteiger partial charge in [-0.2, -0.15) is 0 Å². The topological polar surface area (TPSA) is 26.3 Å². The van der Waals surface area contributed by atoms with Gasteiger partial charge in [0.15, 0.2) is 0 Å². The zero-order valence-corrected chi connectivity index (χ0v) is 10.3. The molecule has 0 rings (SSSR count). The molecule has 0 bridgehead atoms. The third kappa shape index (κ3) is 8.82. The minimum Gasteiger partial charge on any atom is -0.452 e. The Hall–Kier alpha value is 0.910. The highest BCUT2D eigenvalue weighted by Crippen LogP contribution is 2.59. The molecule has 0 aromatic rings. The van der Waals surface area contributed by atoms with E-state index >= 15 is 0 Å². The van der Waals surface area contributed by atoms with E-state index in [4.69, 9.17) is 4.74 Å². The fourth-order valence-corrected chi connectivity index (χ4v) is 2.62. The van der Waals surface area contributed by atoms with Crippen molar-refractivity contribution < 1.29 is 13.7 Å². The van der Waals surface area contributed by atoms with Crippen molar-refractivity contribution in [3.05, 3.63) is 0 Å². The molecule has 1 unspecified atom stereocenters. The molecule has 0 saturated heterocycles. The van der Waals surface area contributed by atoms with Gasteiger partial charge in [-0.15, -0.1) is 0 Å². The van der Waals surface area contributed by atoms with Gasteiger partial charge in [-0.05, 0) is 42.8 Å². The van der Waals surface area contributed by atoms with Crippen molar-refractivity contribution in [2.24, 2.45) is 0 Å². The molecule has 0 spiro atoms. The van der Waals surface area contributed by atoms with E-state index in [2.05, 4.69) is 0 Å². The average molecular weight is 310 g/mol. The summed E-state index contributed by atoms with van der Waals surface area (Å²) in [7, 11) is 0. The molecular weight excluding hydrogens is 301 g/mol. The van der Waals surface area contributed by atoms with E-state index in [1.165, 1.54) is 0 Å². The van der Waals surface area contributed by atoms with Crippen molar-refractivity contribution in [2.45, 2.75) is 26.4 Å². The third-order valence-corrected chi connectivity index (χ3v) is 3.54. The van der Waals surface area contributed by atoms with E-state index in [0.717, 1.165) is 0 Å². The number of carbonyl (C=O) groups excluding carboxylic acids is 1. The van der Waals surface area contributed by atoms with Crippen LogP contribution in [0.1, 0.15) is 20.8 Å². The van der Waals surface area contributed by atoms with Crippen LogP contribution in [0.25, 0.3) is 0 Å². The summed E-state index contributed by atoms with van der Waals surface area (Å²) >= 11 is 2.17. The molecule has 1 atom stereocenters. The third-order valence-electron chi connectivity index (χ3n) is 0.533. The van der Waals surface area contributed by atoms with Gasteiger partial charge in [0.1, 0.15) is 5.60 Å². The van der Waals surface area contributed by atoms with Gasteiger partial charge in [-0.25, -0.2) is 8.99 Å². The lowest BCUT2D eigenvalue weighted by atomic mass is 10.2. The van der Waals surface area contributed by atoms with Crippen molar-refractivity contribution in [3.63, 3.8) is 0 Å². The highest BCUT2D eigenvalue weighted by Gasteiger charge is 2.19. The Morgan fingerprint density at radius 2 is 2.09 bits per heavy atom. The molecule has 0 aliphatic rings. The van der Waals surface area contributed by atoms with Gasteiger partial charge in [-0.1, -0.05) is 0 Å². The Kier molecular flexibility index (Phi) is 5.22. The summed E-state index contributed by atoms with van der Waals surface area (Å²) in [6, 6.07) is 0. The normalized spacial score (nSPS) is 14.3. The van der Waals surface area contributed by atoms with E-state index < -0.39 is 16.0 Å². The maximum Gasteiger partial charge on any atom is 0.375 e. The molecule has 0 radical (unpaired) electrons. The Balaban J connectivity index is 3.71. The first-order chi connectivity index (χ1) is 4.81. The lowest BCUT2D eigenvalue weighted by Gasteiger charge is -2.18. The predicted molar refractivity (Wildman–Crippen MR) is 55.9 cm³/mol. The Morgan fingerprint density at radius 3 is 2.36 bits per heavy atom. The largest absolute Gasteiger partial charge is 0.452 e. The van der Waals surface area contributed by atoms with Crippen LogP contribution in [0.5, 0.6) is 0 Å². The molecule has 0 aromatic carbocycles. The van der Waals surface area contributed by atoms with E-state index in [1.807, 2.05) is 0 Å². The van der Waals surface area contributed by atoms with Gasteiger partial charge in [0.2, 0.25) is 5.08 Å². The van der Waals surface area contributed by atoms with Crippen molar-refractivity contribution in [1.82, 2.24) is 0 Å². The molecule has 0 heterocycles. The van der Waals surface area contributed by atoms with Crippen molar-refractivity contribution in [2.75, 3.05) is 0 Å². The van der Waals surface area contributed by atoms with E-state index in [1.54, 1.807) is 42.8 Å². The average Bonchev–Trinajstić information content (AvgIpc) is 1.53. The molecule has 11 heavy (non-hydrogen) atoms. The maximum atomic E-state index is 12.2. The lowest BCUT2D eigenvalue weighted by molar-refractivity contribution is 0.0740. The molecule has 66 valence electrons. The molecule has 0 N–H and O–H groups in total. The second-order valence-corrected chi connectivity index (χ2v) is 9.69. The fourth-order valence-electron chi connectivity index (χ4n) is 0.325. The van der Waals surface area contributed by atoms with Gasteiger partial charge in [0.05, 0.1) is 0 Å². The van der Waals surface area contributed by atoms with Gasteiger partial charge < -0.3 is 4.74 Å². The summed E-state index contributed by atoms with van der Waals surface area (Å²) in [6.45, 7) is 5.25. The zero-order valence-electron chi connectivity index (χ0n) is 6.43. The van der Waals surface area contributed by atoms with Crippen LogP contribution in [0.4, 0.5) is 8.99 Å². The van der Waals surface area contributed by atoms with Crippen LogP contribution in [0.3, 0.4) is 0 Å². The van der Waals surface area contributed by atoms with Gasteiger partial charge in [0.25, 0.3) is 0 Å². The molecular formula is C5H9FIO2PS. The van der Waals surface area contributed by atoms with E-state index in [-0.39, 0.29) is 0 Å². The first-order valence-corrected chi connectivity index (χ1v) is 8.28. The van der Waals surface area contributed by atoms with Crippen molar-refractivity contribution >= 4 is 43.8 Å². The number of halogens is 2. The fraction of sp³-hybridized carbons (Fsp3) is 0.800. The summed E-state index contributed by atoms with van der Waals surface area (Å²) in [6.07, 6.45) is 0. The molecule has 0 amide bonds. The van der Waals surface area contributed by atoms with Crippen LogP contribution in [-0.2, 0) is 4.74 Å². The van der Waals surface area contributed by atoms with Gasteiger partial charge >= 0.3 is 5.30 Å². The first kappa shape index (κ1) is 11.9. The number of carbonyl (C=O) groups is 1. The Labute approximate surface area is 83.7 Å². The SMILES string of the molecule is CC(C)(C)OC(=O)SP(F)I. The van der Waals surface area contributed by atoms with Crippen molar-refractivity contribution in [3.8, 4) is 0 Å². The van der Waals surface area contributed by atoms with Gasteiger partial charge in [-0.3, -0.25) is 0 Å². The minimum absolute atomic E-state index is 0.522. The number of ether oxygens (including phenoxy) is 1. The second kappa shape index (κ2) is 4.82. The van der Waals surface area contributed by atoms with E-state index in [0.29, 0.717) is 11.4 Å². The molecule has 0 aliphatic carbocycles. The second-order valence-electron chi connectivity index (χ2n) is 2.76. The standard InChI is InChI=1S/C5H9FIO2PS/c1-5(2,3)9-4(8)11-10(6)7/h1-3H3. The Morgan fingerprint density at radius 1 is 1.64 bits per heavy atom. The van der Waals surface area contributed by atoms with Crippen LogP contribution >= 0.6 is 38.5 Å². The molecule has 6 heteroatoms. The highest BCUT2D eigenvalue weighted by atomic mass is 127. The van der Waals surface area contributed by atoms with E-state index in [9.17, 15) is 8.99 Å². The number of hydrogen-bond donors (Lipinski definition) is 0. The smallest absolute Gasteiger partial charge is 0.375 e. The Bertz CT molecular complexity index is 148. The lowest BCUT2D eigenvalue weighted by Crippen LogP contribution is -2.20. The monoisotopic (exact) mass is 310 g/mol. The molecule has 2 nitrogen and oxygen atoms in total. The molecule has 0 fully saturated rings. The molecule has 0 aliphatic heterocycles. The highest BCUT2D eigenvalue weighted by molar-refractivity contribution is 14.2. The quantitative estimate of drug-likeness (QED) is 0.411. The molecule has 0 saturated carbocycles. The van der Waals surface area contributed by atoms with Gasteiger partial charge in [0, 0.05) is 11.4 Å². The zero-order chi connectivity index (χ0) is 9.07. The summed E-state index contributed by atoms with van der Waals surface area (Å²) in [5, 5.41) is -2.32. The summed E-state index contributed by atoms with van der Waals surface area (Å²) < 4.78 is 17.1. The maximum absolute atomic E-state index is 12.2. The van der Waals surface area contributed by atoms with Crippen LogP contribution < -0.4 is 0 Å². The van der Waals surface area contributed by atoms with Crippen LogP contribution in [0, 0.1) is 0 Å². The first-order valence-electron chi connectivity index (χ1n) is 2.84. The summed E-state index contributed by atoms with van der Waals surface area (Å²) in [5.41, 5.74) is -0.522. The molecule has 0 aromatic heterocycles. The number of hydrogen-bond acceptors (Lipinski definition) is 3. The minimum atomic E-state index is -1.78. The van der Waals surface area contributed by atoms with Crippen LogP contribution in [-0.4, -0.2) is 10.9 Å². The number of rotatable bonds is 1. The summed E-state index contributed by atoms with van der Waals surface area (Å²) in [4.78, 5) is 10.8.